The van der Waals surface area contributed by atoms with Crippen molar-refractivity contribution in [3.05, 3.63) is 76.2 Å². The van der Waals surface area contributed by atoms with Gasteiger partial charge in [0, 0.05) is 46.9 Å². The summed E-state index contributed by atoms with van der Waals surface area (Å²) < 4.78 is 2.76. The molecule has 3 amide bonds. The molecule has 5 rings (SSSR count). The Morgan fingerprint density at radius 1 is 1.23 bits per heavy atom. The SMILES string of the molecule is C=CC(=O)N1CC(NC(=O)Cn2c(C)c(C(=O)N3CCc4cccnc4C3)c3cc(Br)ccc32)C1. The number of nitrogens with one attached hydrogen (secondary N) is 1. The summed E-state index contributed by atoms with van der Waals surface area (Å²) in [4.78, 5) is 46.2. The Bertz CT molecular complexity index is 1360. The molecule has 1 N–H and O–H groups in total. The average Bonchev–Trinajstić information content (AvgIpc) is 3.10. The zero-order chi connectivity index (χ0) is 24.7. The minimum atomic E-state index is -0.154. The number of halogens is 1. The van der Waals surface area contributed by atoms with Gasteiger partial charge in [0.05, 0.1) is 23.8 Å². The lowest BCUT2D eigenvalue weighted by molar-refractivity contribution is -0.133. The van der Waals surface area contributed by atoms with Gasteiger partial charge in [0.15, 0.2) is 0 Å². The Kier molecular flexibility index (Phi) is 6.19. The number of fused-ring (bicyclic) bond motifs is 2. The molecule has 0 aliphatic carbocycles. The number of nitrogens with zero attached hydrogens (tertiary/aromatic N) is 4. The Morgan fingerprint density at radius 2 is 2.03 bits per heavy atom. The second kappa shape index (κ2) is 9.30. The number of likely N-dealkylation sites (tertiary alicyclic amines) is 1. The van der Waals surface area contributed by atoms with Crippen molar-refractivity contribution in [2.75, 3.05) is 19.6 Å². The molecule has 0 spiro atoms. The number of hydrogen-bond acceptors (Lipinski definition) is 4. The van der Waals surface area contributed by atoms with Crippen LogP contribution in [0.3, 0.4) is 0 Å². The number of aromatic nitrogens is 2. The van der Waals surface area contributed by atoms with E-state index in [1.54, 1.807) is 11.1 Å². The second-order valence-corrected chi connectivity index (χ2v) is 9.92. The molecule has 0 bridgehead atoms. The minimum Gasteiger partial charge on any atom is -0.348 e. The highest BCUT2D eigenvalue weighted by atomic mass is 79.9. The van der Waals surface area contributed by atoms with Crippen LogP contribution in [0.2, 0.25) is 0 Å². The Labute approximate surface area is 211 Å². The molecular weight excluding hydrogens is 510 g/mol. The van der Waals surface area contributed by atoms with Gasteiger partial charge in [-0.2, -0.15) is 0 Å². The summed E-state index contributed by atoms with van der Waals surface area (Å²) in [6.07, 6.45) is 3.81. The Morgan fingerprint density at radius 3 is 2.80 bits per heavy atom. The van der Waals surface area contributed by atoms with Crippen molar-refractivity contribution in [3.8, 4) is 0 Å². The summed E-state index contributed by atoms with van der Waals surface area (Å²) >= 11 is 3.53. The van der Waals surface area contributed by atoms with E-state index in [-0.39, 0.29) is 30.3 Å². The monoisotopic (exact) mass is 535 g/mol. The third-order valence-corrected chi connectivity index (χ3v) is 7.29. The summed E-state index contributed by atoms with van der Waals surface area (Å²) in [7, 11) is 0. The number of pyridine rings is 1. The molecule has 0 saturated carbocycles. The first-order valence-electron chi connectivity index (χ1n) is 11.6. The first-order valence-corrected chi connectivity index (χ1v) is 12.4. The maximum Gasteiger partial charge on any atom is 0.256 e. The van der Waals surface area contributed by atoms with Crippen LogP contribution in [0.4, 0.5) is 0 Å². The summed E-state index contributed by atoms with van der Waals surface area (Å²) in [6, 6.07) is 9.68. The maximum absolute atomic E-state index is 13.7. The third-order valence-electron chi connectivity index (χ3n) is 6.80. The number of carbonyl (C=O) groups is 3. The van der Waals surface area contributed by atoms with E-state index >= 15 is 0 Å². The fraction of sp³-hybridized carbons (Fsp3) is 0.308. The summed E-state index contributed by atoms with van der Waals surface area (Å²) in [5, 5.41) is 3.80. The first kappa shape index (κ1) is 23.3. The van der Waals surface area contributed by atoms with Gasteiger partial charge in [0.1, 0.15) is 6.54 Å². The molecule has 1 saturated heterocycles. The molecule has 4 heterocycles. The van der Waals surface area contributed by atoms with Gasteiger partial charge < -0.3 is 19.7 Å². The van der Waals surface area contributed by atoms with E-state index in [2.05, 4.69) is 38.9 Å². The van der Waals surface area contributed by atoms with Crippen molar-refractivity contribution in [2.24, 2.45) is 0 Å². The van der Waals surface area contributed by atoms with E-state index < -0.39 is 0 Å². The van der Waals surface area contributed by atoms with E-state index in [9.17, 15) is 14.4 Å². The second-order valence-electron chi connectivity index (χ2n) is 9.01. The molecule has 9 heteroatoms. The van der Waals surface area contributed by atoms with Crippen molar-refractivity contribution >= 4 is 44.6 Å². The van der Waals surface area contributed by atoms with Crippen LogP contribution in [-0.4, -0.2) is 62.7 Å². The normalized spacial score (nSPS) is 15.5. The number of carbonyl (C=O) groups excluding carboxylic acids is 3. The average molecular weight is 536 g/mol. The molecule has 2 aromatic heterocycles. The molecule has 0 unspecified atom stereocenters. The highest BCUT2D eigenvalue weighted by molar-refractivity contribution is 9.10. The summed E-state index contributed by atoms with van der Waals surface area (Å²) in [5.41, 5.74) is 4.30. The van der Waals surface area contributed by atoms with Crippen LogP contribution in [0, 0.1) is 6.92 Å². The quantitative estimate of drug-likeness (QED) is 0.509. The van der Waals surface area contributed by atoms with Crippen LogP contribution in [0.25, 0.3) is 10.9 Å². The zero-order valence-electron chi connectivity index (χ0n) is 19.5. The highest BCUT2D eigenvalue weighted by Crippen LogP contribution is 2.31. The molecular formula is C26H26BrN5O3. The van der Waals surface area contributed by atoms with Gasteiger partial charge in [-0.15, -0.1) is 0 Å². The van der Waals surface area contributed by atoms with Crippen LogP contribution in [-0.2, 0) is 29.1 Å². The van der Waals surface area contributed by atoms with Crippen molar-refractivity contribution < 1.29 is 14.4 Å². The van der Waals surface area contributed by atoms with Crippen molar-refractivity contribution in [1.82, 2.24) is 24.7 Å². The predicted molar refractivity (Wildman–Crippen MR) is 136 cm³/mol. The first-order chi connectivity index (χ1) is 16.9. The lowest BCUT2D eigenvalue weighted by atomic mass is 10.0. The Balaban J connectivity index is 1.39. The van der Waals surface area contributed by atoms with Gasteiger partial charge in [-0.1, -0.05) is 28.6 Å². The lowest BCUT2D eigenvalue weighted by Crippen LogP contribution is -2.61. The molecule has 1 aromatic carbocycles. The standard InChI is InChI=1S/C26H26BrN5O3/c1-3-24(34)31-12-19(13-31)29-23(33)15-32-16(2)25(20-11-18(27)6-7-22(20)32)26(35)30-10-8-17-5-4-9-28-21(17)14-30/h3-7,9,11,19H,1,8,10,12-15H2,2H3,(H,29,33). The lowest BCUT2D eigenvalue weighted by Gasteiger charge is -2.38. The van der Waals surface area contributed by atoms with E-state index in [1.165, 1.54) is 11.6 Å². The largest absolute Gasteiger partial charge is 0.348 e. The van der Waals surface area contributed by atoms with Crippen LogP contribution in [0.1, 0.15) is 27.3 Å². The molecule has 180 valence electrons. The van der Waals surface area contributed by atoms with Crippen LogP contribution < -0.4 is 5.32 Å². The van der Waals surface area contributed by atoms with Crippen molar-refractivity contribution in [2.45, 2.75) is 32.5 Å². The van der Waals surface area contributed by atoms with Crippen molar-refractivity contribution in [3.63, 3.8) is 0 Å². The fourth-order valence-corrected chi connectivity index (χ4v) is 5.27. The van der Waals surface area contributed by atoms with Gasteiger partial charge in [0.2, 0.25) is 11.8 Å². The zero-order valence-corrected chi connectivity index (χ0v) is 21.0. The molecule has 8 nitrogen and oxygen atoms in total. The molecule has 0 radical (unpaired) electrons. The summed E-state index contributed by atoms with van der Waals surface area (Å²) in [5.74, 6) is -0.343. The maximum atomic E-state index is 13.7. The number of amides is 3. The van der Waals surface area contributed by atoms with E-state index in [0.717, 1.165) is 33.2 Å². The van der Waals surface area contributed by atoms with Crippen LogP contribution in [0.15, 0.2) is 53.7 Å². The molecule has 0 atom stereocenters. The van der Waals surface area contributed by atoms with Crippen LogP contribution >= 0.6 is 15.9 Å². The van der Waals surface area contributed by atoms with E-state index in [1.807, 2.05) is 40.7 Å². The molecule has 1 fully saturated rings. The number of benzene rings is 1. The molecule has 35 heavy (non-hydrogen) atoms. The number of rotatable bonds is 5. The van der Waals surface area contributed by atoms with Crippen molar-refractivity contribution in [1.29, 1.82) is 0 Å². The minimum absolute atomic E-state index is 0.0568. The van der Waals surface area contributed by atoms with Gasteiger partial charge in [-0.05, 0) is 49.2 Å². The van der Waals surface area contributed by atoms with E-state index in [4.69, 9.17) is 0 Å². The van der Waals surface area contributed by atoms with Gasteiger partial charge in [-0.25, -0.2) is 0 Å². The van der Waals surface area contributed by atoms with Gasteiger partial charge >= 0.3 is 0 Å². The summed E-state index contributed by atoms with van der Waals surface area (Å²) in [6.45, 7) is 7.51. The van der Waals surface area contributed by atoms with E-state index in [0.29, 0.717) is 31.7 Å². The highest BCUT2D eigenvalue weighted by Gasteiger charge is 2.31. The molecule has 2 aliphatic rings. The fourth-order valence-electron chi connectivity index (χ4n) is 4.91. The number of hydrogen-bond donors (Lipinski definition) is 1. The van der Waals surface area contributed by atoms with Crippen LogP contribution in [0.5, 0.6) is 0 Å². The smallest absolute Gasteiger partial charge is 0.256 e. The van der Waals surface area contributed by atoms with Gasteiger partial charge in [-0.3, -0.25) is 19.4 Å². The molecule has 3 aromatic rings. The predicted octanol–water partition coefficient (Wildman–Crippen LogP) is 2.82. The topological polar surface area (TPSA) is 87.5 Å². The third kappa shape index (κ3) is 4.36. The van der Waals surface area contributed by atoms with Gasteiger partial charge in [0.25, 0.3) is 5.91 Å². The molecule has 2 aliphatic heterocycles. The Hall–Kier alpha value is -3.46.